The van der Waals surface area contributed by atoms with Crippen LogP contribution in [0.5, 0.6) is 0 Å². The monoisotopic (exact) mass is 284 g/mol. The molecule has 1 heterocycles. The third-order valence-electron chi connectivity index (χ3n) is 4.14. The maximum absolute atomic E-state index is 12.5. The molecule has 4 nitrogen and oxygen atoms in total. The summed E-state index contributed by atoms with van der Waals surface area (Å²) in [4.78, 5) is 26.1. The van der Waals surface area contributed by atoms with Gasteiger partial charge in [-0.3, -0.25) is 9.59 Å². The van der Waals surface area contributed by atoms with Gasteiger partial charge in [-0.1, -0.05) is 19.3 Å². The van der Waals surface area contributed by atoms with Crippen molar-refractivity contribution in [2.45, 2.75) is 50.5 Å². The molecule has 1 saturated carbocycles. The van der Waals surface area contributed by atoms with Crippen molar-refractivity contribution in [1.29, 1.82) is 0 Å². The van der Waals surface area contributed by atoms with Crippen LogP contribution in [0.4, 0.5) is 0 Å². The molecule has 1 saturated heterocycles. The smallest absolute Gasteiger partial charge is 0.248 e. The molecule has 0 aromatic carbocycles. The van der Waals surface area contributed by atoms with Crippen LogP contribution in [0.1, 0.15) is 44.9 Å². The molecule has 108 valence electrons. The number of carbonyl (C=O) groups is 2. The zero-order valence-electron chi connectivity index (χ0n) is 11.7. The van der Waals surface area contributed by atoms with E-state index in [1.807, 2.05) is 11.8 Å². The second-order valence-corrected chi connectivity index (χ2v) is 6.60. The quantitative estimate of drug-likeness (QED) is 0.757. The summed E-state index contributed by atoms with van der Waals surface area (Å²) in [5.41, 5.74) is -0.547. The molecule has 2 rings (SSSR count). The summed E-state index contributed by atoms with van der Waals surface area (Å²) in [5, 5.41) is 2.95. The number of nitrogens with one attached hydrogen (secondary N) is 1. The van der Waals surface area contributed by atoms with E-state index in [0.717, 1.165) is 45.1 Å². The number of carbonyl (C=O) groups excluding carboxylic acids is 2. The molecule has 2 aliphatic rings. The molecule has 2 fully saturated rings. The Hall–Kier alpha value is -0.710. The van der Waals surface area contributed by atoms with Crippen LogP contribution in [0.3, 0.4) is 0 Å². The van der Waals surface area contributed by atoms with Gasteiger partial charge in [0.25, 0.3) is 0 Å². The Morgan fingerprint density at radius 1 is 1.21 bits per heavy atom. The van der Waals surface area contributed by atoms with Crippen molar-refractivity contribution in [3.05, 3.63) is 0 Å². The van der Waals surface area contributed by atoms with Crippen molar-refractivity contribution < 1.29 is 9.59 Å². The van der Waals surface area contributed by atoms with Gasteiger partial charge in [0.15, 0.2) is 0 Å². The molecular formula is C14H24N2O2S. The van der Waals surface area contributed by atoms with Gasteiger partial charge in [-0.05, 0) is 37.7 Å². The third-order valence-corrected chi connectivity index (χ3v) is 4.84. The molecule has 19 heavy (non-hydrogen) atoms. The average molecular weight is 284 g/mol. The lowest BCUT2D eigenvalue weighted by Crippen LogP contribution is -2.65. The SMILES string of the molecule is CSCCCCCN1CC(=O)NC2(CCCC2)C1=O. The van der Waals surface area contributed by atoms with Gasteiger partial charge in [0, 0.05) is 6.54 Å². The highest BCUT2D eigenvalue weighted by molar-refractivity contribution is 7.98. The second kappa shape index (κ2) is 6.64. The van der Waals surface area contributed by atoms with E-state index >= 15 is 0 Å². The van der Waals surface area contributed by atoms with Crippen LogP contribution < -0.4 is 5.32 Å². The van der Waals surface area contributed by atoms with Gasteiger partial charge in [0.1, 0.15) is 5.54 Å². The lowest BCUT2D eigenvalue weighted by atomic mass is 9.93. The fraction of sp³-hybridized carbons (Fsp3) is 0.857. The zero-order chi connectivity index (χ0) is 13.7. The molecule has 0 bridgehead atoms. The van der Waals surface area contributed by atoms with Crippen LogP contribution in [0.25, 0.3) is 0 Å². The first-order valence-electron chi connectivity index (χ1n) is 7.27. The summed E-state index contributed by atoms with van der Waals surface area (Å²) < 4.78 is 0. The third kappa shape index (κ3) is 3.44. The number of piperazine rings is 1. The fourth-order valence-electron chi connectivity index (χ4n) is 3.13. The van der Waals surface area contributed by atoms with Crippen LogP contribution in [-0.2, 0) is 9.59 Å². The minimum absolute atomic E-state index is 0.0191. The zero-order valence-corrected chi connectivity index (χ0v) is 12.6. The first-order chi connectivity index (χ1) is 9.18. The molecule has 1 spiro atoms. The summed E-state index contributed by atoms with van der Waals surface area (Å²) in [6.45, 7) is 0.992. The normalized spacial score (nSPS) is 22.1. The van der Waals surface area contributed by atoms with Gasteiger partial charge in [0.05, 0.1) is 6.54 Å². The number of nitrogens with zero attached hydrogens (tertiary/aromatic N) is 1. The van der Waals surface area contributed by atoms with E-state index in [-0.39, 0.29) is 18.4 Å². The molecule has 1 aliphatic carbocycles. The van der Waals surface area contributed by atoms with E-state index < -0.39 is 5.54 Å². The molecule has 0 unspecified atom stereocenters. The van der Waals surface area contributed by atoms with Gasteiger partial charge in [-0.2, -0.15) is 11.8 Å². The van der Waals surface area contributed by atoms with Gasteiger partial charge < -0.3 is 10.2 Å². The maximum Gasteiger partial charge on any atom is 0.248 e. The molecule has 5 heteroatoms. The van der Waals surface area contributed by atoms with E-state index in [9.17, 15) is 9.59 Å². The van der Waals surface area contributed by atoms with Crippen molar-refractivity contribution in [3.8, 4) is 0 Å². The van der Waals surface area contributed by atoms with E-state index in [0.29, 0.717) is 0 Å². The molecule has 0 radical (unpaired) electrons. The van der Waals surface area contributed by atoms with Crippen LogP contribution in [-0.4, -0.2) is 47.4 Å². The van der Waals surface area contributed by atoms with E-state index in [4.69, 9.17) is 0 Å². The van der Waals surface area contributed by atoms with Crippen LogP contribution >= 0.6 is 11.8 Å². The number of hydrogen-bond acceptors (Lipinski definition) is 3. The Balaban J connectivity index is 1.85. The molecule has 0 atom stereocenters. The van der Waals surface area contributed by atoms with Gasteiger partial charge >= 0.3 is 0 Å². The van der Waals surface area contributed by atoms with Crippen molar-refractivity contribution >= 4 is 23.6 Å². The van der Waals surface area contributed by atoms with Gasteiger partial charge in [-0.25, -0.2) is 0 Å². The van der Waals surface area contributed by atoms with Crippen molar-refractivity contribution in [1.82, 2.24) is 10.2 Å². The summed E-state index contributed by atoms with van der Waals surface area (Å²) in [6.07, 6.45) is 9.19. The molecule has 2 amide bonds. The average Bonchev–Trinajstić information content (AvgIpc) is 2.84. The fourth-order valence-corrected chi connectivity index (χ4v) is 3.62. The molecule has 0 aromatic heterocycles. The highest BCUT2D eigenvalue weighted by Gasteiger charge is 2.47. The first-order valence-corrected chi connectivity index (χ1v) is 8.67. The Morgan fingerprint density at radius 2 is 1.95 bits per heavy atom. The topological polar surface area (TPSA) is 49.4 Å². The summed E-state index contributed by atoms with van der Waals surface area (Å²) in [7, 11) is 0. The summed E-state index contributed by atoms with van der Waals surface area (Å²) in [6, 6.07) is 0. The Kier molecular flexibility index (Phi) is 5.13. The Labute approximate surface area is 119 Å². The second-order valence-electron chi connectivity index (χ2n) is 5.62. The van der Waals surface area contributed by atoms with Crippen LogP contribution in [0.15, 0.2) is 0 Å². The van der Waals surface area contributed by atoms with E-state index in [1.54, 1.807) is 4.90 Å². The molecule has 0 aromatic rings. The van der Waals surface area contributed by atoms with Crippen molar-refractivity contribution in [2.24, 2.45) is 0 Å². The van der Waals surface area contributed by atoms with Crippen molar-refractivity contribution in [3.63, 3.8) is 0 Å². The minimum Gasteiger partial charge on any atom is -0.340 e. The predicted molar refractivity (Wildman–Crippen MR) is 78.2 cm³/mol. The number of rotatable bonds is 6. The highest BCUT2D eigenvalue weighted by Crippen LogP contribution is 2.33. The Morgan fingerprint density at radius 3 is 2.63 bits per heavy atom. The highest BCUT2D eigenvalue weighted by atomic mass is 32.2. The summed E-state index contributed by atoms with van der Waals surface area (Å²) in [5.74, 6) is 1.36. The Bertz CT molecular complexity index is 340. The lowest BCUT2D eigenvalue weighted by molar-refractivity contribution is -0.149. The van der Waals surface area contributed by atoms with Crippen LogP contribution in [0, 0.1) is 0 Å². The number of hydrogen-bond donors (Lipinski definition) is 1. The van der Waals surface area contributed by atoms with Gasteiger partial charge in [0.2, 0.25) is 11.8 Å². The minimum atomic E-state index is -0.547. The lowest BCUT2D eigenvalue weighted by Gasteiger charge is -2.39. The maximum atomic E-state index is 12.5. The number of unbranched alkanes of at least 4 members (excludes halogenated alkanes) is 2. The predicted octanol–water partition coefficient (Wildman–Crippen LogP) is 1.79. The van der Waals surface area contributed by atoms with Crippen molar-refractivity contribution in [2.75, 3.05) is 25.1 Å². The summed E-state index contributed by atoms with van der Waals surface area (Å²) >= 11 is 1.86. The van der Waals surface area contributed by atoms with Crippen LogP contribution in [0.2, 0.25) is 0 Å². The van der Waals surface area contributed by atoms with E-state index in [1.165, 1.54) is 12.2 Å². The molecule has 1 N–H and O–H groups in total. The van der Waals surface area contributed by atoms with E-state index in [2.05, 4.69) is 11.6 Å². The standard InChI is InChI=1S/C14H24N2O2S/c1-19-10-6-2-5-9-16-11-12(17)15-14(13(16)18)7-3-4-8-14/h2-11H2,1H3,(H,15,17). The van der Waals surface area contributed by atoms with Gasteiger partial charge in [-0.15, -0.1) is 0 Å². The largest absolute Gasteiger partial charge is 0.340 e. The first kappa shape index (κ1) is 14.7. The number of amides is 2. The molecular weight excluding hydrogens is 260 g/mol. The molecule has 1 aliphatic heterocycles. The number of thioether (sulfide) groups is 1.